The molecule has 1 saturated carbocycles. The molecule has 1 aliphatic heterocycles. The van der Waals surface area contributed by atoms with E-state index in [2.05, 4.69) is 26.7 Å². The third-order valence-corrected chi connectivity index (χ3v) is 5.69. The zero-order valence-electron chi connectivity index (χ0n) is 15.6. The van der Waals surface area contributed by atoms with Crippen LogP contribution in [-0.4, -0.2) is 47.1 Å². The molecule has 138 valence electrons. The van der Waals surface area contributed by atoms with Gasteiger partial charge in [-0.3, -0.25) is 4.90 Å². The topological polar surface area (TPSA) is 41.5 Å². The molecule has 5 heteroatoms. The van der Waals surface area contributed by atoms with Crippen molar-refractivity contribution in [1.29, 1.82) is 0 Å². The molecule has 2 aromatic rings. The maximum atomic E-state index is 5.77. The monoisotopic (exact) mass is 352 g/mol. The van der Waals surface area contributed by atoms with Crippen molar-refractivity contribution in [3.63, 3.8) is 0 Å². The molecule has 0 spiro atoms. The van der Waals surface area contributed by atoms with Crippen molar-refractivity contribution in [3.05, 3.63) is 42.7 Å². The molecule has 4 rings (SSSR count). The van der Waals surface area contributed by atoms with Crippen molar-refractivity contribution in [1.82, 2.24) is 14.9 Å². The molecule has 5 nitrogen and oxygen atoms in total. The van der Waals surface area contributed by atoms with E-state index in [-0.39, 0.29) is 0 Å². The molecular formula is C21H28N4O. The number of para-hydroxylation sites is 1. The predicted octanol–water partition coefficient (Wildman–Crippen LogP) is 3.97. The molecule has 0 atom stereocenters. The van der Waals surface area contributed by atoms with E-state index in [4.69, 9.17) is 4.74 Å². The molecule has 26 heavy (non-hydrogen) atoms. The first kappa shape index (κ1) is 17.3. The van der Waals surface area contributed by atoms with Gasteiger partial charge in [0.05, 0.1) is 12.4 Å². The zero-order valence-corrected chi connectivity index (χ0v) is 15.6. The van der Waals surface area contributed by atoms with Crippen molar-refractivity contribution < 1.29 is 4.74 Å². The van der Waals surface area contributed by atoms with Crippen LogP contribution in [0.5, 0.6) is 11.5 Å². The molecular weight excluding hydrogens is 324 g/mol. The van der Waals surface area contributed by atoms with Gasteiger partial charge in [-0.2, -0.15) is 0 Å². The SMILES string of the molecule is CC1CCC(N2CCN(c3ncc(Oc4ccccc4)cn3)CC2)CC1. The van der Waals surface area contributed by atoms with Crippen LogP contribution in [0.2, 0.25) is 0 Å². The molecule has 1 saturated heterocycles. The van der Waals surface area contributed by atoms with Crippen LogP contribution in [0, 0.1) is 5.92 Å². The fourth-order valence-corrected chi connectivity index (χ4v) is 4.04. The lowest BCUT2D eigenvalue weighted by atomic mass is 9.86. The maximum absolute atomic E-state index is 5.77. The number of ether oxygens (including phenoxy) is 1. The Kier molecular flexibility index (Phi) is 5.34. The van der Waals surface area contributed by atoms with Crippen molar-refractivity contribution in [2.75, 3.05) is 31.1 Å². The Balaban J connectivity index is 1.30. The van der Waals surface area contributed by atoms with E-state index in [1.165, 1.54) is 25.7 Å². The highest BCUT2D eigenvalue weighted by Gasteiger charge is 2.27. The van der Waals surface area contributed by atoms with Crippen molar-refractivity contribution in [3.8, 4) is 11.5 Å². The number of benzene rings is 1. The van der Waals surface area contributed by atoms with Gasteiger partial charge in [-0.25, -0.2) is 9.97 Å². The minimum absolute atomic E-state index is 0.676. The van der Waals surface area contributed by atoms with Crippen LogP contribution in [0.1, 0.15) is 32.6 Å². The lowest BCUT2D eigenvalue weighted by molar-refractivity contribution is 0.132. The van der Waals surface area contributed by atoms with Gasteiger partial charge >= 0.3 is 0 Å². The van der Waals surface area contributed by atoms with Crippen molar-refractivity contribution in [2.24, 2.45) is 5.92 Å². The van der Waals surface area contributed by atoms with Crippen LogP contribution < -0.4 is 9.64 Å². The fourth-order valence-electron chi connectivity index (χ4n) is 4.04. The van der Waals surface area contributed by atoms with Crippen LogP contribution >= 0.6 is 0 Å². The first-order chi connectivity index (χ1) is 12.8. The summed E-state index contributed by atoms with van der Waals surface area (Å²) in [5.74, 6) is 3.20. The second kappa shape index (κ2) is 8.04. The third kappa shape index (κ3) is 4.15. The number of nitrogens with zero attached hydrogens (tertiary/aromatic N) is 4. The summed E-state index contributed by atoms with van der Waals surface area (Å²) in [4.78, 5) is 14.0. The third-order valence-electron chi connectivity index (χ3n) is 5.69. The molecule has 0 amide bonds. The first-order valence-electron chi connectivity index (χ1n) is 9.82. The van der Waals surface area contributed by atoms with Gasteiger partial charge in [-0.05, 0) is 43.7 Å². The second-order valence-corrected chi connectivity index (χ2v) is 7.57. The van der Waals surface area contributed by atoms with Crippen LogP contribution in [0.3, 0.4) is 0 Å². The van der Waals surface area contributed by atoms with Gasteiger partial charge in [-0.1, -0.05) is 25.1 Å². The molecule has 0 unspecified atom stereocenters. The van der Waals surface area contributed by atoms with E-state index in [1.807, 2.05) is 30.3 Å². The summed E-state index contributed by atoms with van der Waals surface area (Å²) >= 11 is 0. The molecule has 0 radical (unpaired) electrons. The normalized spacial score (nSPS) is 24.4. The highest BCUT2D eigenvalue weighted by atomic mass is 16.5. The van der Waals surface area contributed by atoms with Crippen LogP contribution in [0.25, 0.3) is 0 Å². The Hall–Kier alpha value is -2.14. The van der Waals surface area contributed by atoms with E-state index < -0.39 is 0 Å². The Morgan fingerprint density at radius 2 is 1.50 bits per heavy atom. The Labute approximate surface area is 156 Å². The quantitative estimate of drug-likeness (QED) is 0.833. The van der Waals surface area contributed by atoms with Crippen LogP contribution in [0.4, 0.5) is 5.95 Å². The van der Waals surface area contributed by atoms with E-state index in [0.29, 0.717) is 5.75 Å². The van der Waals surface area contributed by atoms with Gasteiger partial charge in [0.15, 0.2) is 5.75 Å². The summed E-state index contributed by atoms with van der Waals surface area (Å²) < 4.78 is 5.77. The number of hydrogen-bond acceptors (Lipinski definition) is 5. The largest absolute Gasteiger partial charge is 0.454 e. The molecule has 1 aromatic heterocycles. The Bertz CT molecular complexity index is 675. The number of anilines is 1. The molecule has 2 aliphatic rings. The average molecular weight is 352 g/mol. The van der Waals surface area contributed by atoms with Crippen molar-refractivity contribution in [2.45, 2.75) is 38.6 Å². The van der Waals surface area contributed by atoms with E-state index >= 15 is 0 Å². The molecule has 0 bridgehead atoms. The lowest BCUT2D eigenvalue weighted by Gasteiger charge is -2.41. The molecule has 0 N–H and O–H groups in total. The summed E-state index contributed by atoms with van der Waals surface area (Å²) in [6, 6.07) is 10.5. The maximum Gasteiger partial charge on any atom is 0.225 e. The summed E-state index contributed by atoms with van der Waals surface area (Å²) in [5, 5.41) is 0. The number of rotatable bonds is 4. The van der Waals surface area contributed by atoms with E-state index in [9.17, 15) is 0 Å². The summed E-state index contributed by atoms with van der Waals surface area (Å²) in [7, 11) is 0. The first-order valence-corrected chi connectivity index (χ1v) is 9.82. The van der Waals surface area contributed by atoms with Crippen molar-refractivity contribution >= 4 is 5.95 Å². The highest BCUT2D eigenvalue weighted by Crippen LogP contribution is 2.28. The molecule has 1 aromatic carbocycles. The Morgan fingerprint density at radius 3 is 2.15 bits per heavy atom. The predicted molar refractivity (Wildman–Crippen MR) is 104 cm³/mol. The minimum Gasteiger partial charge on any atom is -0.454 e. The fraction of sp³-hybridized carbons (Fsp3) is 0.524. The van der Waals surface area contributed by atoms with Gasteiger partial charge in [0.1, 0.15) is 5.75 Å². The second-order valence-electron chi connectivity index (χ2n) is 7.57. The van der Waals surface area contributed by atoms with E-state index in [0.717, 1.165) is 49.8 Å². The lowest BCUT2D eigenvalue weighted by Crippen LogP contribution is -2.51. The van der Waals surface area contributed by atoms with Crippen LogP contribution in [-0.2, 0) is 0 Å². The van der Waals surface area contributed by atoms with Gasteiger partial charge in [0.2, 0.25) is 5.95 Å². The standard InChI is InChI=1S/C21H28N4O/c1-17-7-9-18(10-8-17)24-11-13-25(14-12-24)21-22-15-20(16-23-21)26-19-5-3-2-4-6-19/h2-6,15-18H,7-14H2,1H3. The summed E-state index contributed by atoms with van der Waals surface area (Å²) in [6.07, 6.45) is 9.04. The zero-order chi connectivity index (χ0) is 17.8. The summed E-state index contributed by atoms with van der Waals surface area (Å²) in [6.45, 7) is 6.63. The van der Waals surface area contributed by atoms with Crippen LogP contribution in [0.15, 0.2) is 42.7 Å². The number of piperazine rings is 1. The van der Waals surface area contributed by atoms with E-state index in [1.54, 1.807) is 12.4 Å². The molecule has 1 aliphatic carbocycles. The highest BCUT2D eigenvalue weighted by molar-refractivity contribution is 5.34. The average Bonchev–Trinajstić information content (AvgIpc) is 2.70. The smallest absolute Gasteiger partial charge is 0.225 e. The number of hydrogen-bond donors (Lipinski definition) is 0. The number of aromatic nitrogens is 2. The summed E-state index contributed by atoms with van der Waals surface area (Å²) in [5.41, 5.74) is 0. The molecule has 2 fully saturated rings. The van der Waals surface area contributed by atoms with Gasteiger partial charge < -0.3 is 9.64 Å². The van der Waals surface area contributed by atoms with Gasteiger partial charge in [0.25, 0.3) is 0 Å². The Morgan fingerprint density at radius 1 is 0.846 bits per heavy atom. The molecule has 2 heterocycles. The minimum atomic E-state index is 0.676. The van der Waals surface area contributed by atoms with Gasteiger partial charge in [0, 0.05) is 32.2 Å². The van der Waals surface area contributed by atoms with Gasteiger partial charge in [-0.15, -0.1) is 0 Å².